The van der Waals surface area contributed by atoms with Crippen molar-refractivity contribution in [1.82, 2.24) is 10.6 Å². The van der Waals surface area contributed by atoms with E-state index >= 15 is 0 Å². The van der Waals surface area contributed by atoms with Crippen molar-refractivity contribution < 1.29 is 9.90 Å². The molecule has 5 nitrogen and oxygen atoms in total. The van der Waals surface area contributed by atoms with Gasteiger partial charge in [-0.3, -0.25) is 0 Å². The van der Waals surface area contributed by atoms with Crippen molar-refractivity contribution in [3.05, 3.63) is 30.3 Å². The largest absolute Gasteiger partial charge is 0.393 e. The number of hydrogen-bond acceptors (Lipinski definition) is 3. The second-order valence-corrected chi connectivity index (χ2v) is 7.72. The summed E-state index contributed by atoms with van der Waals surface area (Å²) in [5, 5.41) is 15.4. The van der Waals surface area contributed by atoms with E-state index in [2.05, 4.69) is 53.6 Å². The average Bonchev–Trinajstić information content (AvgIpc) is 3.00. The molecule has 1 heterocycles. The van der Waals surface area contributed by atoms with Crippen LogP contribution in [0.2, 0.25) is 0 Å². The highest BCUT2D eigenvalue weighted by atomic mass is 16.3. The number of aliphatic hydroxyl groups is 1. The number of nitrogens with zero attached hydrogens (tertiary/aromatic N) is 1. The number of carbonyl (C=O) groups excluding carboxylic acids is 1. The third-order valence-electron chi connectivity index (χ3n) is 4.53. The Kier molecular flexibility index (Phi) is 6.49. The molecule has 2 amide bonds. The van der Waals surface area contributed by atoms with E-state index in [1.807, 2.05) is 6.07 Å². The Hall–Kier alpha value is -1.75. The van der Waals surface area contributed by atoms with Gasteiger partial charge < -0.3 is 20.6 Å². The Morgan fingerprint density at radius 2 is 2.04 bits per heavy atom. The summed E-state index contributed by atoms with van der Waals surface area (Å²) in [6.07, 6.45) is 1.41. The lowest BCUT2D eigenvalue weighted by atomic mass is 9.87. The molecular formula is C19H31N3O2. The number of benzene rings is 1. The van der Waals surface area contributed by atoms with Gasteiger partial charge in [-0.05, 0) is 43.2 Å². The number of hydrogen-bond donors (Lipinski definition) is 3. The molecule has 24 heavy (non-hydrogen) atoms. The SMILES string of the molecule is CC(O)CC(C)(C)CNC(=O)NCC1CCN(c2ccccc2)C1. The predicted octanol–water partition coefficient (Wildman–Crippen LogP) is 2.61. The molecule has 2 rings (SSSR count). The zero-order valence-corrected chi connectivity index (χ0v) is 15.1. The fraction of sp³-hybridized carbons (Fsp3) is 0.632. The van der Waals surface area contributed by atoms with E-state index in [9.17, 15) is 9.90 Å². The number of anilines is 1. The van der Waals surface area contributed by atoms with Crippen molar-refractivity contribution in [2.45, 2.75) is 39.7 Å². The molecular weight excluding hydrogens is 302 g/mol. The number of nitrogens with one attached hydrogen (secondary N) is 2. The second-order valence-electron chi connectivity index (χ2n) is 7.72. The van der Waals surface area contributed by atoms with Crippen LogP contribution in [0.5, 0.6) is 0 Å². The number of urea groups is 1. The van der Waals surface area contributed by atoms with Gasteiger partial charge in [0.1, 0.15) is 0 Å². The number of amides is 2. The molecule has 0 spiro atoms. The number of para-hydroxylation sites is 1. The molecule has 1 aromatic carbocycles. The fourth-order valence-electron chi connectivity index (χ4n) is 3.36. The average molecular weight is 333 g/mol. The summed E-state index contributed by atoms with van der Waals surface area (Å²) in [6, 6.07) is 10.3. The van der Waals surface area contributed by atoms with E-state index < -0.39 is 0 Å². The minimum Gasteiger partial charge on any atom is -0.393 e. The normalized spacial score (nSPS) is 19.2. The number of aliphatic hydroxyl groups excluding tert-OH is 1. The van der Waals surface area contributed by atoms with E-state index in [4.69, 9.17) is 0 Å². The summed E-state index contributed by atoms with van der Waals surface area (Å²) >= 11 is 0. The smallest absolute Gasteiger partial charge is 0.314 e. The van der Waals surface area contributed by atoms with Crippen LogP contribution in [0.4, 0.5) is 10.5 Å². The third-order valence-corrected chi connectivity index (χ3v) is 4.53. The molecule has 2 atom stereocenters. The van der Waals surface area contributed by atoms with Gasteiger partial charge >= 0.3 is 6.03 Å². The standard InChI is InChI=1S/C19H31N3O2/c1-15(23)11-19(2,3)14-21-18(24)20-12-16-9-10-22(13-16)17-7-5-4-6-8-17/h4-8,15-16,23H,9-14H2,1-3H3,(H2,20,21,24). The van der Waals surface area contributed by atoms with Crippen molar-refractivity contribution >= 4 is 11.7 Å². The van der Waals surface area contributed by atoms with Gasteiger partial charge in [0.15, 0.2) is 0 Å². The van der Waals surface area contributed by atoms with Crippen LogP contribution in [0.3, 0.4) is 0 Å². The fourth-order valence-corrected chi connectivity index (χ4v) is 3.36. The van der Waals surface area contributed by atoms with Gasteiger partial charge in [0, 0.05) is 31.9 Å². The van der Waals surface area contributed by atoms with Crippen LogP contribution in [-0.4, -0.2) is 43.4 Å². The summed E-state index contributed by atoms with van der Waals surface area (Å²) in [5.41, 5.74) is 1.15. The summed E-state index contributed by atoms with van der Waals surface area (Å²) in [7, 11) is 0. The first-order chi connectivity index (χ1) is 11.4. The molecule has 0 bridgehead atoms. The maximum Gasteiger partial charge on any atom is 0.314 e. The van der Waals surface area contributed by atoms with Crippen molar-refractivity contribution in [1.29, 1.82) is 0 Å². The maximum atomic E-state index is 12.0. The van der Waals surface area contributed by atoms with E-state index in [0.717, 1.165) is 19.5 Å². The summed E-state index contributed by atoms with van der Waals surface area (Å²) in [6.45, 7) is 9.16. The van der Waals surface area contributed by atoms with E-state index in [-0.39, 0.29) is 17.6 Å². The highest BCUT2D eigenvalue weighted by Gasteiger charge is 2.24. The quantitative estimate of drug-likeness (QED) is 0.719. The highest BCUT2D eigenvalue weighted by molar-refractivity contribution is 5.73. The van der Waals surface area contributed by atoms with Crippen LogP contribution in [0, 0.1) is 11.3 Å². The zero-order chi connectivity index (χ0) is 17.6. The molecule has 1 aromatic rings. The van der Waals surface area contributed by atoms with Crippen LogP contribution < -0.4 is 15.5 Å². The van der Waals surface area contributed by atoms with Crippen LogP contribution in [0.25, 0.3) is 0 Å². The summed E-state index contributed by atoms with van der Waals surface area (Å²) in [5.74, 6) is 0.487. The second kappa shape index (κ2) is 8.38. The highest BCUT2D eigenvalue weighted by Crippen LogP contribution is 2.23. The summed E-state index contributed by atoms with van der Waals surface area (Å²) in [4.78, 5) is 14.4. The molecule has 0 radical (unpaired) electrons. The van der Waals surface area contributed by atoms with Crippen LogP contribution in [-0.2, 0) is 0 Å². The minimum atomic E-state index is -0.354. The molecule has 1 fully saturated rings. The van der Waals surface area contributed by atoms with Crippen molar-refractivity contribution in [2.75, 3.05) is 31.1 Å². The van der Waals surface area contributed by atoms with Crippen molar-refractivity contribution in [3.8, 4) is 0 Å². The Bertz CT molecular complexity index is 517. The molecule has 1 aliphatic heterocycles. The predicted molar refractivity (Wildman–Crippen MR) is 98.2 cm³/mol. The van der Waals surface area contributed by atoms with Gasteiger partial charge in [-0.2, -0.15) is 0 Å². The van der Waals surface area contributed by atoms with Crippen molar-refractivity contribution in [2.24, 2.45) is 11.3 Å². The molecule has 134 valence electrons. The molecule has 0 saturated carbocycles. The Morgan fingerprint density at radius 1 is 1.33 bits per heavy atom. The Balaban J connectivity index is 1.68. The first kappa shape index (κ1) is 18.6. The molecule has 5 heteroatoms. The maximum absolute atomic E-state index is 12.0. The van der Waals surface area contributed by atoms with Crippen LogP contribution in [0.1, 0.15) is 33.6 Å². The Labute approximate surface area is 145 Å². The molecule has 1 aliphatic rings. The number of rotatable bonds is 7. The van der Waals surface area contributed by atoms with Gasteiger partial charge in [0.05, 0.1) is 6.10 Å². The van der Waals surface area contributed by atoms with Gasteiger partial charge in [0.2, 0.25) is 0 Å². The van der Waals surface area contributed by atoms with E-state index in [1.165, 1.54) is 5.69 Å². The topological polar surface area (TPSA) is 64.6 Å². The van der Waals surface area contributed by atoms with Gasteiger partial charge in [-0.25, -0.2) is 4.79 Å². The molecule has 3 N–H and O–H groups in total. The van der Waals surface area contributed by atoms with Gasteiger partial charge in [-0.15, -0.1) is 0 Å². The lowest BCUT2D eigenvalue weighted by molar-refractivity contribution is 0.129. The van der Waals surface area contributed by atoms with Gasteiger partial charge in [-0.1, -0.05) is 32.0 Å². The first-order valence-electron chi connectivity index (χ1n) is 8.85. The Morgan fingerprint density at radius 3 is 2.71 bits per heavy atom. The van der Waals surface area contributed by atoms with Crippen LogP contribution in [0.15, 0.2) is 30.3 Å². The molecule has 2 unspecified atom stereocenters. The van der Waals surface area contributed by atoms with Crippen molar-refractivity contribution in [3.63, 3.8) is 0 Å². The zero-order valence-electron chi connectivity index (χ0n) is 15.1. The molecule has 0 aliphatic carbocycles. The number of carbonyl (C=O) groups is 1. The monoisotopic (exact) mass is 333 g/mol. The first-order valence-corrected chi connectivity index (χ1v) is 8.85. The lowest BCUT2D eigenvalue weighted by Gasteiger charge is -2.26. The van der Waals surface area contributed by atoms with E-state index in [1.54, 1.807) is 6.92 Å². The van der Waals surface area contributed by atoms with Crippen LogP contribution >= 0.6 is 0 Å². The molecule has 0 aromatic heterocycles. The van der Waals surface area contributed by atoms with E-state index in [0.29, 0.717) is 25.4 Å². The summed E-state index contributed by atoms with van der Waals surface area (Å²) < 4.78 is 0. The molecule has 1 saturated heterocycles. The third kappa shape index (κ3) is 6.04. The lowest BCUT2D eigenvalue weighted by Crippen LogP contribution is -2.43. The van der Waals surface area contributed by atoms with Gasteiger partial charge in [0.25, 0.3) is 0 Å². The minimum absolute atomic E-state index is 0.108.